The Labute approximate surface area is 116 Å². The third-order valence-electron chi connectivity index (χ3n) is 3.43. The molecule has 0 aliphatic rings. The van der Waals surface area contributed by atoms with Gasteiger partial charge in [-0.15, -0.1) is 0 Å². The molecule has 0 bridgehead atoms. The minimum absolute atomic E-state index is 0.0262. The summed E-state index contributed by atoms with van der Waals surface area (Å²) < 4.78 is 0. The van der Waals surface area contributed by atoms with E-state index in [0.29, 0.717) is 13.1 Å². The van der Waals surface area contributed by atoms with Crippen LogP contribution in [0.5, 0.6) is 0 Å². The number of rotatable bonds is 7. The summed E-state index contributed by atoms with van der Waals surface area (Å²) in [6, 6.07) is 7.78. The van der Waals surface area contributed by atoms with E-state index in [1.807, 2.05) is 24.3 Å². The number of carbonyl (C=O) groups is 1. The van der Waals surface area contributed by atoms with Gasteiger partial charge < -0.3 is 11.1 Å². The van der Waals surface area contributed by atoms with Crippen molar-refractivity contribution in [3.63, 3.8) is 0 Å². The minimum Gasteiger partial charge on any atom is -0.351 e. The van der Waals surface area contributed by atoms with Gasteiger partial charge in [0.1, 0.15) is 0 Å². The van der Waals surface area contributed by atoms with Crippen molar-refractivity contribution in [1.29, 1.82) is 0 Å². The third kappa shape index (κ3) is 5.03. The number of amides is 1. The Balaban J connectivity index is 2.60. The summed E-state index contributed by atoms with van der Waals surface area (Å²) in [6.07, 6.45) is 2.90. The topological polar surface area (TPSA) is 55.1 Å². The number of benzene rings is 1. The van der Waals surface area contributed by atoms with E-state index in [1.165, 1.54) is 0 Å². The van der Waals surface area contributed by atoms with E-state index >= 15 is 0 Å². The molecule has 0 atom stereocenters. The summed E-state index contributed by atoms with van der Waals surface area (Å²) in [4.78, 5) is 12.2. The molecule has 0 aliphatic heterocycles. The predicted molar refractivity (Wildman–Crippen MR) is 80.2 cm³/mol. The van der Waals surface area contributed by atoms with E-state index in [4.69, 9.17) is 5.73 Å². The van der Waals surface area contributed by atoms with Crippen molar-refractivity contribution in [2.45, 2.75) is 40.0 Å². The lowest BCUT2D eigenvalue weighted by Crippen LogP contribution is -2.34. The van der Waals surface area contributed by atoms with Crippen molar-refractivity contribution in [3.05, 3.63) is 35.4 Å². The van der Waals surface area contributed by atoms with Crippen LogP contribution in [0.1, 0.15) is 49.5 Å². The van der Waals surface area contributed by atoms with Gasteiger partial charge in [0.05, 0.1) is 0 Å². The molecule has 0 aliphatic carbocycles. The molecule has 0 aromatic heterocycles. The largest absolute Gasteiger partial charge is 0.351 e. The van der Waals surface area contributed by atoms with E-state index in [9.17, 15) is 4.79 Å². The van der Waals surface area contributed by atoms with Gasteiger partial charge in [-0.1, -0.05) is 39.0 Å². The number of nitrogens with two attached hydrogens (primary N) is 1. The molecule has 3 heteroatoms. The first-order valence-electron chi connectivity index (χ1n) is 7.06. The van der Waals surface area contributed by atoms with Gasteiger partial charge in [-0.2, -0.15) is 0 Å². The quantitative estimate of drug-likeness (QED) is 0.794. The first-order chi connectivity index (χ1) is 9.00. The fourth-order valence-electron chi connectivity index (χ4n) is 2.13. The van der Waals surface area contributed by atoms with Gasteiger partial charge in [-0.05, 0) is 42.9 Å². The van der Waals surface area contributed by atoms with E-state index in [-0.39, 0.29) is 11.3 Å². The van der Waals surface area contributed by atoms with Gasteiger partial charge in [0.2, 0.25) is 0 Å². The van der Waals surface area contributed by atoms with Gasteiger partial charge in [-0.25, -0.2) is 0 Å². The number of nitrogens with one attached hydrogen (secondary N) is 1. The summed E-state index contributed by atoms with van der Waals surface area (Å²) in [6.45, 7) is 7.78. The molecule has 0 unspecified atom stereocenters. The highest BCUT2D eigenvalue weighted by Gasteiger charge is 2.19. The summed E-state index contributed by atoms with van der Waals surface area (Å²) in [5, 5.41) is 3.04. The lowest BCUT2D eigenvalue weighted by Gasteiger charge is -2.25. The average Bonchev–Trinajstić information content (AvgIpc) is 2.42. The van der Waals surface area contributed by atoms with Crippen LogP contribution in [0.4, 0.5) is 0 Å². The van der Waals surface area contributed by atoms with Crippen LogP contribution >= 0.6 is 0 Å². The zero-order chi connectivity index (χ0) is 14.3. The zero-order valence-electron chi connectivity index (χ0n) is 12.3. The second kappa shape index (κ2) is 7.29. The lowest BCUT2D eigenvalue weighted by atomic mass is 9.87. The second-order valence-corrected chi connectivity index (χ2v) is 5.75. The molecule has 1 amide bonds. The standard InChI is InChI=1S/C16H26N2O/c1-4-13-8-5-6-9-14(13)15(19)18-12-16(2,3)10-7-11-17/h5-6,8-9H,4,7,10-12,17H2,1-3H3,(H,18,19). The van der Waals surface area contributed by atoms with Gasteiger partial charge >= 0.3 is 0 Å². The van der Waals surface area contributed by atoms with Gasteiger partial charge in [0.15, 0.2) is 0 Å². The summed E-state index contributed by atoms with van der Waals surface area (Å²) in [5.41, 5.74) is 7.52. The van der Waals surface area contributed by atoms with Crippen molar-refractivity contribution < 1.29 is 4.79 Å². The van der Waals surface area contributed by atoms with Crippen LogP contribution in [-0.2, 0) is 6.42 Å². The number of hydrogen-bond donors (Lipinski definition) is 2. The Kier molecular flexibility index (Phi) is 6.03. The van der Waals surface area contributed by atoms with Crippen LogP contribution in [0, 0.1) is 5.41 Å². The number of hydrogen-bond acceptors (Lipinski definition) is 2. The fraction of sp³-hybridized carbons (Fsp3) is 0.562. The van der Waals surface area contributed by atoms with Crippen LogP contribution < -0.4 is 11.1 Å². The van der Waals surface area contributed by atoms with Crippen LogP contribution in [0.3, 0.4) is 0 Å². The molecule has 1 rings (SSSR count). The SMILES string of the molecule is CCc1ccccc1C(=O)NCC(C)(C)CCCN. The van der Waals surface area contributed by atoms with Crippen LogP contribution in [0.25, 0.3) is 0 Å². The van der Waals surface area contributed by atoms with E-state index < -0.39 is 0 Å². The zero-order valence-corrected chi connectivity index (χ0v) is 12.3. The highest BCUT2D eigenvalue weighted by molar-refractivity contribution is 5.95. The molecule has 0 heterocycles. The summed E-state index contributed by atoms with van der Waals surface area (Å²) in [5.74, 6) is 0.0262. The Morgan fingerprint density at radius 3 is 2.63 bits per heavy atom. The van der Waals surface area contributed by atoms with Crippen molar-refractivity contribution >= 4 is 5.91 Å². The molecular weight excluding hydrogens is 236 g/mol. The Morgan fingerprint density at radius 2 is 2.00 bits per heavy atom. The Bertz CT molecular complexity index is 413. The van der Waals surface area contributed by atoms with Gasteiger partial charge in [0.25, 0.3) is 5.91 Å². The minimum atomic E-state index is 0.0262. The van der Waals surface area contributed by atoms with Crippen molar-refractivity contribution in [2.24, 2.45) is 11.1 Å². The van der Waals surface area contributed by atoms with E-state index in [1.54, 1.807) is 0 Å². The molecule has 106 valence electrons. The molecule has 0 spiro atoms. The summed E-state index contributed by atoms with van der Waals surface area (Å²) in [7, 11) is 0. The highest BCUT2D eigenvalue weighted by atomic mass is 16.1. The second-order valence-electron chi connectivity index (χ2n) is 5.75. The summed E-state index contributed by atoms with van der Waals surface area (Å²) >= 11 is 0. The molecule has 3 N–H and O–H groups in total. The molecule has 0 saturated carbocycles. The van der Waals surface area contributed by atoms with Crippen molar-refractivity contribution in [3.8, 4) is 0 Å². The van der Waals surface area contributed by atoms with Crippen LogP contribution in [-0.4, -0.2) is 19.0 Å². The first kappa shape index (κ1) is 15.7. The molecule has 1 aromatic rings. The maximum atomic E-state index is 12.2. The smallest absolute Gasteiger partial charge is 0.251 e. The molecular formula is C16H26N2O. The molecule has 19 heavy (non-hydrogen) atoms. The fourth-order valence-corrected chi connectivity index (χ4v) is 2.13. The molecule has 0 saturated heterocycles. The maximum Gasteiger partial charge on any atom is 0.251 e. The molecule has 3 nitrogen and oxygen atoms in total. The average molecular weight is 262 g/mol. The highest BCUT2D eigenvalue weighted by Crippen LogP contribution is 2.21. The van der Waals surface area contributed by atoms with Crippen molar-refractivity contribution in [1.82, 2.24) is 5.32 Å². The van der Waals surface area contributed by atoms with Crippen LogP contribution in [0.15, 0.2) is 24.3 Å². The first-order valence-corrected chi connectivity index (χ1v) is 7.06. The Morgan fingerprint density at radius 1 is 1.32 bits per heavy atom. The van der Waals surface area contributed by atoms with E-state index in [2.05, 4.69) is 26.1 Å². The Hall–Kier alpha value is -1.35. The van der Waals surface area contributed by atoms with E-state index in [0.717, 1.165) is 30.4 Å². The molecule has 0 fully saturated rings. The molecule has 1 aromatic carbocycles. The third-order valence-corrected chi connectivity index (χ3v) is 3.43. The normalized spacial score (nSPS) is 11.4. The van der Waals surface area contributed by atoms with Crippen molar-refractivity contribution in [2.75, 3.05) is 13.1 Å². The number of carbonyl (C=O) groups excluding carboxylic acids is 1. The lowest BCUT2D eigenvalue weighted by molar-refractivity contribution is 0.0933. The maximum absolute atomic E-state index is 12.2. The van der Waals surface area contributed by atoms with Gasteiger partial charge in [-0.3, -0.25) is 4.79 Å². The number of aryl methyl sites for hydroxylation is 1. The molecule has 0 radical (unpaired) electrons. The monoisotopic (exact) mass is 262 g/mol. The van der Waals surface area contributed by atoms with Crippen LogP contribution in [0.2, 0.25) is 0 Å². The van der Waals surface area contributed by atoms with Gasteiger partial charge in [0, 0.05) is 12.1 Å². The predicted octanol–water partition coefficient (Wildman–Crippen LogP) is 2.74.